The average molecular weight is 286 g/mol. The van der Waals surface area contributed by atoms with Crippen LogP contribution in [0.15, 0.2) is 0 Å². The molecule has 0 unspecified atom stereocenters. The number of ketones is 1. The molecule has 2 heterocycles. The standard InChI is InChI=1S/C13H16ClNO2S/c1-8(16)13-10-4-6-15(9(2)17)7-12(10)18-11(13)3-5-14/h3-7H2,1-2H3. The number of carbonyl (C=O) groups is 2. The zero-order valence-corrected chi connectivity index (χ0v) is 12.2. The van der Waals surface area contributed by atoms with Crippen molar-refractivity contribution < 1.29 is 9.59 Å². The highest BCUT2D eigenvalue weighted by Gasteiger charge is 2.26. The van der Waals surface area contributed by atoms with Gasteiger partial charge >= 0.3 is 0 Å². The largest absolute Gasteiger partial charge is 0.337 e. The van der Waals surface area contributed by atoms with Gasteiger partial charge < -0.3 is 4.90 Å². The lowest BCUT2D eigenvalue weighted by Crippen LogP contribution is -2.33. The monoisotopic (exact) mass is 285 g/mol. The molecular weight excluding hydrogens is 270 g/mol. The van der Waals surface area contributed by atoms with Crippen LogP contribution < -0.4 is 0 Å². The summed E-state index contributed by atoms with van der Waals surface area (Å²) < 4.78 is 0. The van der Waals surface area contributed by atoms with Gasteiger partial charge in [-0.2, -0.15) is 0 Å². The predicted octanol–water partition coefficient (Wildman–Crippen LogP) is 2.64. The molecule has 0 bridgehead atoms. The number of halogens is 1. The van der Waals surface area contributed by atoms with Crippen molar-refractivity contribution in [3.63, 3.8) is 0 Å². The minimum absolute atomic E-state index is 0.0947. The normalized spacial score (nSPS) is 14.5. The first-order valence-electron chi connectivity index (χ1n) is 6.00. The van der Waals surface area contributed by atoms with E-state index in [2.05, 4.69) is 0 Å². The van der Waals surface area contributed by atoms with Gasteiger partial charge in [-0.25, -0.2) is 0 Å². The number of rotatable bonds is 3. The Balaban J connectivity index is 2.38. The number of nitrogens with zero attached hydrogens (tertiary/aromatic N) is 1. The van der Waals surface area contributed by atoms with Gasteiger partial charge in [-0.15, -0.1) is 22.9 Å². The van der Waals surface area contributed by atoms with Gasteiger partial charge in [0.15, 0.2) is 5.78 Å². The third-order valence-electron chi connectivity index (χ3n) is 3.25. The summed E-state index contributed by atoms with van der Waals surface area (Å²) in [5.74, 6) is 0.733. The van der Waals surface area contributed by atoms with E-state index in [1.807, 2.05) is 4.90 Å². The van der Waals surface area contributed by atoms with Crippen LogP contribution in [0.3, 0.4) is 0 Å². The quantitative estimate of drug-likeness (QED) is 0.632. The summed E-state index contributed by atoms with van der Waals surface area (Å²) in [6.07, 6.45) is 1.51. The van der Waals surface area contributed by atoms with E-state index in [0.717, 1.165) is 33.7 Å². The van der Waals surface area contributed by atoms with Gasteiger partial charge in [0, 0.05) is 34.7 Å². The fourth-order valence-electron chi connectivity index (χ4n) is 2.40. The minimum Gasteiger partial charge on any atom is -0.337 e. The summed E-state index contributed by atoms with van der Waals surface area (Å²) in [5, 5.41) is 0. The Morgan fingerprint density at radius 3 is 2.67 bits per heavy atom. The molecule has 1 amide bonds. The summed E-state index contributed by atoms with van der Waals surface area (Å²) in [6, 6.07) is 0. The summed E-state index contributed by atoms with van der Waals surface area (Å²) >= 11 is 7.42. The maximum atomic E-state index is 11.8. The summed E-state index contributed by atoms with van der Waals surface area (Å²) in [6.45, 7) is 4.54. The van der Waals surface area contributed by atoms with Gasteiger partial charge in [0.1, 0.15) is 0 Å². The van der Waals surface area contributed by atoms with Crippen LogP contribution in [0.2, 0.25) is 0 Å². The van der Waals surface area contributed by atoms with Crippen LogP contribution >= 0.6 is 22.9 Å². The van der Waals surface area contributed by atoms with Gasteiger partial charge in [-0.05, 0) is 25.3 Å². The molecule has 1 aliphatic heterocycles. The van der Waals surface area contributed by atoms with E-state index in [0.29, 0.717) is 19.0 Å². The van der Waals surface area contributed by atoms with Crippen molar-refractivity contribution in [2.75, 3.05) is 12.4 Å². The number of Topliss-reactive ketones (excluding diaryl/α,β-unsaturated/α-hetero) is 1. The van der Waals surface area contributed by atoms with Gasteiger partial charge in [-0.1, -0.05) is 0 Å². The molecule has 0 fully saturated rings. The lowest BCUT2D eigenvalue weighted by molar-refractivity contribution is -0.129. The fraction of sp³-hybridized carbons (Fsp3) is 0.538. The van der Waals surface area contributed by atoms with Crippen LogP contribution in [0.1, 0.15) is 39.5 Å². The van der Waals surface area contributed by atoms with Gasteiger partial charge in [0.25, 0.3) is 0 Å². The van der Waals surface area contributed by atoms with E-state index in [1.165, 1.54) is 0 Å². The summed E-state index contributed by atoms with van der Waals surface area (Å²) in [5.41, 5.74) is 2.00. The SMILES string of the molecule is CC(=O)c1c(CCCl)sc2c1CCN(C(C)=O)C2. The molecule has 0 aromatic carbocycles. The number of amides is 1. The molecule has 0 atom stereocenters. The van der Waals surface area contributed by atoms with E-state index in [1.54, 1.807) is 25.2 Å². The van der Waals surface area contributed by atoms with Crippen molar-refractivity contribution in [3.8, 4) is 0 Å². The molecule has 18 heavy (non-hydrogen) atoms. The fourth-order valence-corrected chi connectivity index (χ4v) is 4.12. The van der Waals surface area contributed by atoms with Crippen molar-refractivity contribution in [2.45, 2.75) is 33.2 Å². The molecule has 0 spiro atoms. The highest BCUT2D eigenvalue weighted by atomic mass is 35.5. The molecule has 3 nitrogen and oxygen atoms in total. The van der Waals surface area contributed by atoms with E-state index in [4.69, 9.17) is 11.6 Å². The van der Waals surface area contributed by atoms with Crippen molar-refractivity contribution >= 4 is 34.6 Å². The number of thiophene rings is 1. The second-order valence-electron chi connectivity index (χ2n) is 4.49. The van der Waals surface area contributed by atoms with Crippen molar-refractivity contribution in [1.29, 1.82) is 0 Å². The Kier molecular flexibility index (Phi) is 4.07. The van der Waals surface area contributed by atoms with Crippen LogP contribution in [0, 0.1) is 0 Å². The van der Waals surface area contributed by atoms with Crippen molar-refractivity contribution in [1.82, 2.24) is 4.90 Å². The number of aryl methyl sites for hydroxylation is 1. The topological polar surface area (TPSA) is 37.4 Å². The Morgan fingerprint density at radius 2 is 2.11 bits per heavy atom. The Morgan fingerprint density at radius 1 is 1.39 bits per heavy atom. The molecule has 0 saturated carbocycles. The third kappa shape index (κ3) is 2.45. The maximum Gasteiger partial charge on any atom is 0.219 e. The number of hydrogen-bond donors (Lipinski definition) is 0. The van der Waals surface area contributed by atoms with Crippen LogP contribution in [0.4, 0.5) is 0 Å². The second-order valence-corrected chi connectivity index (χ2v) is 6.06. The zero-order valence-electron chi connectivity index (χ0n) is 10.6. The Bertz CT molecular complexity index is 495. The van der Waals surface area contributed by atoms with Crippen LogP contribution in [0.5, 0.6) is 0 Å². The molecule has 1 aliphatic rings. The first-order chi connectivity index (χ1) is 8.54. The first kappa shape index (κ1) is 13.6. The molecule has 0 N–H and O–H groups in total. The third-order valence-corrected chi connectivity index (χ3v) is 4.71. The van der Waals surface area contributed by atoms with Gasteiger partial charge in [-0.3, -0.25) is 9.59 Å². The minimum atomic E-state index is 0.0947. The molecule has 0 aliphatic carbocycles. The maximum absolute atomic E-state index is 11.8. The lowest BCUT2D eigenvalue weighted by Gasteiger charge is -2.26. The molecule has 1 aromatic heterocycles. The molecule has 2 rings (SSSR count). The molecular formula is C13H16ClNO2S. The smallest absolute Gasteiger partial charge is 0.219 e. The first-order valence-corrected chi connectivity index (χ1v) is 7.35. The molecule has 0 radical (unpaired) electrons. The van der Waals surface area contributed by atoms with Crippen molar-refractivity contribution in [2.24, 2.45) is 0 Å². The number of fused-ring (bicyclic) bond motifs is 1. The summed E-state index contributed by atoms with van der Waals surface area (Å²) in [4.78, 5) is 27.2. The van der Waals surface area contributed by atoms with Crippen molar-refractivity contribution in [3.05, 3.63) is 20.9 Å². The van der Waals surface area contributed by atoms with Gasteiger partial charge in [0.2, 0.25) is 5.91 Å². The Hall–Kier alpha value is -0.870. The molecule has 0 saturated heterocycles. The number of carbonyl (C=O) groups excluding carboxylic acids is 2. The highest BCUT2D eigenvalue weighted by Crippen LogP contribution is 2.34. The van der Waals surface area contributed by atoms with Crippen LogP contribution in [-0.2, 0) is 24.2 Å². The van der Waals surface area contributed by atoms with Crippen LogP contribution in [-0.4, -0.2) is 29.0 Å². The van der Waals surface area contributed by atoms with Crippen LogP contribution in [0.25, 0.3) is 0 Å². The Labute approximate surface area is 116 Å². The number of alkyl halides is 1. The average Bonchev–Trinajstić information content (AvgIpc) is 2.66. The summed E-state index contributed by atoms with van der Waals surface area (Å²) in [7, 11) is 0. The number of hydrogen-bond acceptors (Lipinski definition) is 3. The molecule has 98 valence electrons. The zero-order chi connectivity index (χ0) is 13.3. The molecule has 5 heteroatoms. The van der Waals surface area contributed by atoms with E-state index in [-0.39, 0.29) is 11.7 Å². The highest BCUT2D eigenvalue weighted by molar-refractivity contribution is 7.12. The second kappa shape index (κ2) is 5.41. The predicted molar refractivity (Wildman–Crippen MR) is 73.5 cm³/mol. The van der Waals surface area contributed by atoms with Gasteiger partial charge in [0.05, 0.1) is 6.54 Å². The molecule has 1 aromatic rings. The lowest BCUT2D eigenvalue weighted by atomic mass is 9.98. The van der Waals surface area contributed by atoms with E-state index >= 15 is 0 Å². The van der Waals surface area contributed by atoms with E-state index in [9.17, 15) is 9.59 Å². The van der Waals surface area contributed by atoms with E-state index < -0.39 is 0 Å².